The smallest absolute Gasteiger partial charge is 0.313 e. The second-order valence-corrected chi connectivity index (χ2v) is 7.83. The van der Waals surface area contributed by atoms with Crippen LogP contribution in [0.25, 0.3) is 0 Å². The SMILES string of the molecule is Cc1ccc(CNC(=O)C(=O)Nc2ccc3c(c2)CCCN3C(=O)C2CC2)cc1. The third-order valence-electron chi connectivity index (χ3n) is 5.43. The zero-order valence-electron chi connectivity index (χ0n) is 16.5. The standard InChI is InChI=1S/C23H25N3O3/c1-15-4-6-16(7-5-15)14-24-21(27)22(28)25-19-10-11-20-18(13-19)3-2-12-26(20)23(29)17-8-9-17/h4-7,10-11,13,17H,2-3,8-9,12,14H2,1H3,(H,24,27)(H,25,28). The van der Waals surface area contributed by atoms with E-state index in [9.17, 15) is 14.4 Å². The number of amides is 3. The Balaban J connectivity index is 1.37. The molecule has 1 heterocycles. The summed E-state index contributed by atoms with van der Waals surface area (Å²) in [7, 11) is 0. The van der Waals surface area contributed by atoms with Gasteiger partial charge in [-0.25, -0.2) is 0 Å². The fourth-order valence-electron chi connectivity index (χ4n) is 3.61. The van der Waals surface area contributed by atoms with Crippen LogP contribution in [0.15, 0.2) is 42.5 Å². The van der Waals surface area contributed by atoms with Crippen molar-refractivity contribution >= 4 is 29.1 Å². The van der Waals surface area contributed by atoms with Crippen molar-refractivity contribution < 1.29 is 14.4 Å². The Labute approximate surface area is 170 Å². The van der Waals surface area contributed by atoms with Crippen molar-refractivity contribution in [3.8, 4) is 0 Å². The highest BCUT2D eigenvalue weighted by atomic mass is 16.2. The number of rotatable bonds is 4. The zero-order valence-corrected chi connectivity index (χ0v) is 16.5. The molecule has 0 aromatic heterocycles. The summed E-state index contributed by atoms with van der Waals surface area (Å²) in [6.45, 7) is 3.04. The van der Waals surface area contributed by atoms with Crippen molar-refractivity contribution in [2.45, 2.75) is 39.2 Å². The normalized spacial score (nSPS) is 15.4. The van der Waals surface area contributed by atoms with Crippen LogP contribution in [0, 0.1) is 12.8 Å². The lowest BCUT2D eigenvalue weighted by molar-refractivity contribution is -0.136. The molecule has 3 amide bonds. The number of hydrogen-bond donors (Lipinski definition) is 2. The first-order valence-electron chi connectivity index (χ1n) is 10.1. The monoisotopic (exact) mass is 391 g/mol. The molecule has 0 bridgehead atoms. The van der Waals surface area contributed by atoms with E-state index in [2.05, 4.69) is 10.6 Å². The van der Waals surface area contributed by atoms with E-state index in [1.54, 1.807) is 6.07 Å². The summed E-state index contributed by atoms with van der Waals surface area (Å²) in [4.78, 5) is 38.7. The molecule has 1 saturated carbocycles. The molecule has 2 aliphatic rings. The number of hydrogen-bond acceptors (Lipinski definition) is 3. The summed E-state index contributed by atoms with van der Waals surface area (Å²) < 4.78 is 0. The molecular weight excluding hydrogens is 366 g/mol. The number of anilines is 2. The highest BCUT2D eigenvalue weighted by Gasteiger charge is 2.35. The lowest BCUT2D eigenvalue weighted by atomic mass is 10.0. The first-order valence-corrected chi connectivity index (χ1v) is 10.1. The van der Waals surface area contributed by atoms with Gasteiger partial charge in [0.25, 0.3) is 0 Å². The van der Waals surface area contributed by atoms with Gasteiger partial charge in [-0.1, -0.05) is 29.8 Å². The molecule has 6 heteroatoms. The third-order valence-corrected chi connectivity index (χ3v) is 5.43. The Hall–Kier alpha value is -3.15. The van der Waals surface area contributed by atoms with Gasteiger partial charge in [0.1, 0.15) is 0 Å². The predicted molar refractivity (Wildman–Crippen MR) is 111 cm³/mol. The fraction of sp³-hybridized carbons (Fsp3) is 0.348. The molecule has 0 saturated heterocycles. The first kappa shape index (κ1) is 19.2. The lowest BCUT2D eigenvalue weighted by Gasteiger charge is -2.30. The molecule has 2 aromatic rings. The molecule has 4 rings (SSSR count). The Kier molecular flexibility index (Phi) is 5.34. The molecular formula is C23H25N3O3. The second kappa shape index (κ2) is 8.07. The van der Waals surface area contributed by atoms with E-state index in [4.69, 9.17) is 0 Å². The van der Waals surface area contributed by atoms with E-state index in [0.29, 0.717) is 12.2 Å². The lowest BCUT2D eigenvalue weighted by Crippen LogP contribution is -2.37. The number of carbonyl (C=O) groups is 3. The molecule has 150 valence electrons. The maximum Gasteiger partial charge on any atom is 0.313 e. The summed E-state index contributed by atoms with van der Waals surface area (Å²) in [5.74, 6) is -0.983. The Bertz CT molecular complexity index is 948. The van der Waals surface area contributed by atoms with Gasteiger partial charge in [0.2, 0.25) is 5.91 Å². The van der Waals surface area contributed by atoms with Gasteiger partial charge in [0.15, 0.2) is 0 Å². The summed E-state index contributed by atoms with van der Waals surface area (Å²) in [5, 5.41) is 5.30. The molecule has 0 radical (unpaired) electrons. The quantitative estimate of drug-likeness (QED) is 0.787. The summed E-state index contributed by atoms with van der Waals surface area (Å²) in [5.41, 5.74) is 4.60. The molecule has 6 nitrogen and oxygen atoms in total. The maximum absolute atomic E-state index is 12.5. The minimum absolute atomic E-state index is 0.178. The van der Waals surface area contributed by atoms with E-state index < -0.39 is 11.8 Å². The van der Waals surface area contributed by atoms with Crippen LogP contribution in [0.5, 0.6) is 0 Å². The predicted octanol–water partition coefficient (Wildman–Crippen LogP) is 2.94. The van der Waals surface area contributed by atoms with Crippen LogP contribution in [0.1, 0.15) is 36.0 Å². The molecule has 0 unspecified atom stereocenters. The van der Waals surface area contributed by atoms with E-state index in [-0.39, 0.29) is 11.8 Å². The van der Waals surface area contributed by atoms with Gasteiger partial charge < -0.3 is 15.5 Å². The van der Waals surface area contributed by atoms with Gasteiger partial charge in [-0.05, 0) is 61.9 Å². The van der Waals surface area contributed by atoms with E-state index in [1.807, 2.05) is 48.2 Å². The van der Waals surface area contributed by atoms with Crippen LogP contribution in [0.3, 0.4) is 0 Å². The number of nitrogens with one attached hydrogen (secondary N) is 2. The zero-order chi connectivity index (χ0) is 20.4. The minimum atomic E-state index is -0.696. The van der Waals surface area contributed by atoms with Crippen molar-refractivity contribution in [3.63, 3.8) is 0 Å². The van der Waals surface area contributed by atoms with Crippen LogP contribution in [0.4, 0.5) is 11.4 Å². The largest absolute Gasteiger partial charge is 0.344 e. The van der Waals surface area contributed by atoms with Gasteiger partial charge in [-0.3, -0.25) is 14.4 Å². The highest BCUT2D eigenvalue weighted by Crippen LogP contribution is 2.36. The van der Waals surface area contributed by atoms with Crippen molar-refractivity contribution in [1.82, 2.24) is 5.32 Å². The highest BCUT2D eigenvalue weighted by molar-refractivity contribution is 6.39. The summed E-state index contributed by atoms with van der Waals surface area (Å²) in [6.07, 6.45) is 3.72. The number of fused-ring (bicyclic) bond motifs is 1. The number of aryl methyl sites for hydroxylation is 2. The third kappa shape index (κ3) is 4.47. The van der Waals surface area contributed by atoms with Gasteiger partial charge in [0, 0.05) is 30.4 Å². The van der Waals surface area contributed by atoms with Crippen LogP contribution in [-0.2, 0) is 27.3 Å². The number of nitrogens with zero attached hydrogens (tertiary/aromatic N) is 1. The van der Waals surface area contributed by atoms with Crippen molar-refractivity contribution in [2.24, 2.45) is 5.92 Å². The van der Waals surface area contributed by atoms with Crippen molar-refractivity contribution in [1.29, 1.82) is 0 Å². The minimum Gasteiger partial charge on any atom is -0.344 e. The average molecular weight is 391 g/mol. The van der Waals surface area contributed by atoms with Crippen LogP contribution in [0.2, 0.25) is 0 Å². The van der Waals surface area contributed by atoms with E-state index >= 15 is 0 Å². The Morgan fingerprint density at radius 1 is 1.03 bits per heavy atom. The van der Waals surface area contributed by atoms with Crippen molar-refractivity contribution in [2.75, 3.05) is 16.8 Å². The molecule has 1 fully saturated rings. The van der Waals surface area contributed by atoms with Crippen molar-refractivity contribution in [3.05, 3.63) is 59.2 Å². The van der Waals surface area contributed by atoms with Gasteiger partial charge in [-0.2, -0.15) is 0 Å². The molecule has 0 atom stereocenters. The van der Waals surface area contributed by atoms with Gasteiger partial charge in [-0.15, -0.1) is 0 Å². The van der Waals surface area contributed by atoms with E-state index in [1.165, 1.54) is 0 Å². The molecule has 1 aliphatic carbocycles. The van der Waals surface area contributed by atoms with Crippen LogP contribution in [-0.4, -0.2) is 24.3 Å². The van der Waals surface area contributed by atoms with Gasteiger partial charge >= 0.3 is 11.8 Å². The Morgan fingerprint density at radius 2 is 1.79 bits per heavy atom. The fourth-order valence-corrected chi connectivity index (χ4v) is 3.61. The molecule has 1 aliphatic heterocycles. The number of carbonyl (C=O) groups excluding carboxylic acids is 3. The first-order chi connectivity index (χ1) is 14.0. The summed E-state index contributed by atoms with van der Waals surface area (Å²) >= 11 is 0. The topological polar surface area (TPSA) is 78.5 Å². The number of benzene rings is 2. The summed E-state index contributed by atoms with van der Waals surface area (Å²) in [6, 6.07) is 13.3. The van der Waals surface area contributed by atoms with Gasteiger partial charge in [0.05, 0.1) is 0 Å². The van der Waals surface area contributed by atoms with E-state index in [0.717, 1.165) is 54.6 Å². The Morgan fingerprint density at radius 3 is 2.52 bits per heavy atom. The second-order valence-electron chi connectivity index (χ2n) is 7.83. The molecule has 2 aromatic carbocycles. The maximum atomic E-state index is 12.5. The van der Waals surface area contributed by atoms with Crippen LogP contribution >= 0.6 is 0 Å². The molecule has 0 spiro atoms. The average Bonchev–Trinajstić information content (AvgIpc) is 3.57. The van der Waals surface area contributed by atoms with Crippen LogP contribution < -0.4 is 15.5 Å². The molecule has 29 heavy (non-hydrogen) atoms. The molecule has 2 N–H and O–H groups in total.